The van der Waals surface area contributed by atoms with Crippen LogP contribution >= 0.6 is 0 Å². The zero-order valence-corrected chi connectivity index (χ0v) is 16.0. The maximum Gasteiger partial charge on any atom is 0.181 e. The van der Waals surface area contributed by atoms with Gasteiger partial charge >= 0.3 is 0 Å². The summed E-state index contributed by atoms with van der Waals surface area (Å²) in [4.78, 5) is 11.1. The van der Waals surface area contributed by atoms with Gasteiger partial charge in [0.1, 0.15) is 11.5 Å². The number of halogens is 1. The van der Waals surface area contributed by atoms with Crippen LogP contribution in [0.1, 0.15) is 27.2 Å². The number of pyridine rings is 2. The molecule has 0 aromatic carbocycles. The van der Waals surface area contributed by atoms with Crippen molar-refractivity contribution in [2.45, 2.75) is 33.2 Å². The monoisotopic (exact) mass is 368 g/mol. The Hall–Kier alpha value is -2.54. The maximum absolute atomic E-state index is 14.6. The van der Waals surface area contributed by atoms with Crippen LogP contribution < -0.4 is 10.2 Å². The highest BCUT2D eigenvalue weighted by atomic mass is 19.1. The van der Waals surface area contributed by atoms with Crippen LogP contribution in [-0.4, -0.2) is 45.8 Å². The Balaban J connectivity index is 1.64. The average molecular weight is 368 g/mol. The van der Waals surface area contributed by atoms with Crippen molar-refractivity contribution in [1.29, 1.82) is 0 Å². The van der Waals surface area contributed by atoms with Gasteiger partial charge in [0.15, 0.2) is 11.5 Å². The Morgan fingerprint density at radius 2 is 2.11 bits per heavy atom. The lowest BCUT2D eigenvalue weighted by Crippen LogP contribution is -2.52. The van der Waals surface area contributed by atoms with E-state index < -0.39 is 0 Å². The fourth-order valence-corrected chi connectivity index (χ4v) is 3.72. The molecule has 3 aromatic rings. The number of nitrogens with zero attached hydrogens (tertiary/aromatic N) is 4. The molecule has 142 valence electrons. The highest BCUT2D eigenvalue weighted by Crippen LogP contribution is 2.29. The Kier molecular flexibility index (Phi) is 4.55. The molecule has 4 heterocycles. The van der Waals surface area contributed by atoms with E-state index in [0.717, 1.165) is 37.3 Å². The predicted octanol–water partition coefficient (Wildman–Crippen LogP) is 3.37. The van der Waals surface area contributed by atoms with Crippen molar-refractivity contribution in [3.05, 3.63) is 36.3 Å². The molecule has 6 nitrogen and oxygen atoms in total. The van der Waals surface area contributed by atoms with Gasteiger partial charge in [0, 0.05) is 37.3 Å². The second-order valence-electron chi connectivity index (χ2n) is 8.33. The van der Waals surface area contributed by atoms with E-state index in [1.807, 2.05) is 12.1 Å². The molecule has 0 radical (unpaired) electrons. The van der Waals surface area contributed by atoms with E-state index in [1.54, 1.807) is 12.3 Å². The quantitative estimate of drug-likeness (QED) is 0.742. The normalized spacial score (nSPS) is 18.2. The fraction of sp³-hybridized carbons (Fsp3) is 0.450. The van der Waals surface area contributed by atoms with Crippen molar-refractivity contribution >= 4 is 16.9 Å². The molecule has 1 atom stereocenters. The highest BCUT2D eigenvalue weighted by Gasteiger charge is 2.25. The van der Waals surface area contributed by atoms with Crippen molar-refractivity contribution in [2.75, 3.05) is 24.5 Å². The van der Waals surface area contributed by atoms with Gasteiger partial charge in [0.05, 0.1) is 5.69 Å². The first-order valence-corrected chi connectivity index (χ1v) is 9.35. The van der Waals surface area contributed by atoms with E-state index in [9.17, 15) is 4.39 Å². The van der Waals surface area contributed by atoms with Crippen LogP contribution in [0.25, 0.3) is 22.4 Å². The zero-order chi connectivity index (χ0) is 19.0. The topological polar surface area (TPSA) is 69.7 Å². The van der Waals surface area contributed by atoms with Gasteiger partial charge in [-0.3, -0.25) is 5.10 Å². The van der Waals surface area contributed by atoms with Crippen LogP contribution in [0.5, 0.6) is 0 Å². The first-order chi connectivity index (χ1) is 12.9. The molecule has 0 spiro atoms. The van der Waals surface area contributed by atoms with Gasteiger partial charge in [-0.25, -0.2) is 14.4 Å². The summed E-state index contributed by atoms with van der Waals surface area (Å²) >= 11 is 0. The van der Waals surface area contributed by atoms with Gasteiger partial charge in [-0.05, 0) is 36.1 Å². The van der Waals surface area contributed by atoms with E-state index >= 15 is 0 Å². The third-order valence-electron chi connectivity index (χ3n) is 4.84. The number of hydrogen-bond donors (Lipinski definition) is 2. The number of piperazine rings is 1. The summed E-state index contributed by atoms with van der Waals surface area (Å²) in [6.07, 6.45) is 2.75. The molecule has 7 heteroatoms. The van der Waals surface area contributed by atoms with Gasteiger partial charge < -0.3 is 10.2 Å². The first-order valence-electron chi connectivity index (χ1n) is 9.35. The van der Waals surface area contributed by atoms with Crippen molar-refractivity contribution in [2.24, 2.45) is 5.41 Å². The minimum atomic E-state index is -0.366. The van der Waals surface area contributed by atoms with Crippen LogP contribution in [0.2, 0.25) is 0 Å². The molecule has 0 unspecified atom stereocenters. The van der Waals surface area contributed by atoms with Crippen LogP contribution in [-0.2, 0) is 0 Å². The average Bonchev–Trinajstić information content (AvgIpc) is 3.05. The number of aromatic nitrogens is 4. The van der Waals surface area contributed by atoms with E-state index in [4.69, 9.17) is 0 Å². The molecule has 2 N–H and O–H groups in total. The van der Waals surface area contributed by atoms with Crippen LogP contribution in [0.15, 0.2) is 30.5 Å². The second kappa shape index (κ2) is 6.88. The van der Waals surface area contributed by atoms with Crippen molar-refractivity contribution in [3.63, 3.8) is 0 Å². The lowest BCUT2D eigenvalue weighted by molar-refractivity contribution is 0.296. The number of anilines is 1. The summed E-state index contributed by atoms with van der Waals surface area (Å²) in [5.74, 6) is 0.424. The van der Waals surface area contributed by atoms with Crippen molar-refractivity contribution < 1.29 is 4.39 Å². The molecular formula is C20H25FN6. The largest absolute Gasteiger partial charge is 0.354 e. The molecule has 27 heavy (non-hydrogen) atoms. The van der Waals surface area contributed by atoms with Gasteiger partial charge in [0.25, 0.3) is 0 Å². The molecule has 1 saturated heterocycles. The van der Waals surface area contributed by atoms with Crippen LogP contribution in [0, 0.1) is 11.2 Å². The van der Waals surface area contributed by atoms with E-state index in [2.05, 4.69) is 51.2 Å². The Bertz CT molecular complexity index is 945. The Labute approximate surface area is 158 Å². The predicted molar refractivity (Wildman–Crippen MR) is 105 cm³/mol. The summed E-state index contributed by atoms with van der Waals surface area (Å²) in [7, 11) is 0. The van der Waals surface area contributed by atoms with E-state index in [-0.39, 0.29) is 16.9 Å². The molecule has 1 fully saturated rings. The Morgan fingerprint density at radius 1 is 1.26 bits per heavy atom. The molecule has 0 bridgehead atoms. The molecule has 1 aliphatic rings. The number of nitrogens with one attached hydrogen (secondary N) is 2. The number of aromatic amines is 1. The summed E-state index contributed by atoms with van der Waals surface area (Å²) in [5, 5.41) is 11.4. The van der Waals surface area contributed by atoms with Gasteiger partial charge in [-0.15, -0.1) is 0 Å². The number of rotatable bonds is 3. The standard InChI is InChI=1S/C20H25FN6/c1-20(2,3)11-13-12-27(10-9-22-13)16-7-6-15(21)18(24-16)17-14-5-4-8-23-19(14)26-25-17/h4-8,13,22H,9-12H2,1-3H3,(H,23,25,26)/t13-/m0/s1. The number of H-pyrrole nitrogens is 1. The molecular weight excluding hydrogens is 343 g/mol. The fourth-order valence-electron chi connectivity index (χ4n) is 3.72. The maximum atomic E-state index is 14.6. The number of hydrogen-bond acceptors (Lipinski definition) is 5. The molecule has 4 rings (SSSR count). The lowest BCUT2D eigenvalue weighted by atomic mass is 9.87. The lowest BCUT2D eigenvalue weighted by Gasteiger charge is -2.37. The summed E-state index contributed by atoms with van der Waals surface area (Å²) in [6.45, 7) is 9.36. The molecule has 0 saturated carbocycles. The molecule has 3 aromatic heterocycles. The molecule has 0 aliphatic carbocycles. The van der Waals surface area contributed by atoms with Crippen molar-refractivity contribution in [1.82, 2.24) is 25.5 Å². The SMILES string of the molecule is CC(C)(C)C[C@H]1CN(c2ccc(F)c(-c3[nH]nc4ncccc34)n2)CCN1. The Morgan fingerprint density at radius 3 is 2.93 bits per heavy atom. The van der Waals surface area contributed by atoms with E-state index in [0.29, 0.717) is 17.4 Å². The third kappa shape index (κ3) is 3.78. The first kappa shape index (κ1) is 17.9. The molecule has 0 amide bonds. The third-order valence-corrected chi connectivity index (χ3v) is 4.84. The summed E-state index contributed by atoms with van der Waals surface area (Å²) < 4.78 is 14.6. The van der Waals surface area contributed by atoms with Crippen LogP contribution in [0.4, 0.5) is 10.2 Å². The number of fused-ring (bicyclic) bond motifs is 1. The minimum Gasteiger partial charge on any atom is -0.354 e. The van der Waals surface area contributed by atoms with Gasteiger partial charge in [-0.1, -0.05) is 20.8 Å². The highest BCUT2D eigenvalue weighted by molar-refractivity contribution is 5.89. The van der Waals surface area contributed by atoms with Crippen LogP contribution in [0.3, 0.4) is 0 Å². The second-order valence-corrected chi connectivity index (χ2v) is 8.33. The van der Waals surface area contributed by atoms with Gasteiger partial charge in [0.2, 0.25) is 0 Å². The van der Waals surface area contributed by atoms with Crippen molar-refractivity contribution in [3.8, 4) is 11.4 Å². The summed E-state index contributed by atoms with van der Waals surface area (Å²) in [5.41, 5.74) is 1.67. The van der Waals surface area contributed by atoms with E-state index in [1.165, 1.54) is 6.07 Å². The summed E-state index contributed by atoms with van der Waals surface area (Å²) in [6, 6.07) is 7.33. The van der Waals surface area contributed by atoms with Gasteiger partial charge in [-0.2, -0.15) is 5.10 Å². The smallest absolute Gasteiger partial charge is 0.181 e. The minimum absolute atomic E-state index is 0.254. The molecule has 1 aliphatic heterocycles. The zero-order valence-electron chi connectivity index (χ0n) is 16.0.